The van der Waals surface area contributed by atoms with E-state index in [1.807, 2.05) is 35.9 Å². The highest BCUT2D eigenvalue weighted by molar-refractivity contribution is 7.10. The molecule has 2 nitrogen and oxygen atoms in total. The number of benzene rings is 2. The number of ether oxygens (including phenoxy) is 1. The predicted octanol–water partition coefficient (Wildman–Crippen LogP) is 4.48. The van der Waals surface area contributed by atoms with Gasteiger partial charge in [-0.25, -0.2) is 4.98 Å². The van der Waals surface area contributed by atoms with Gasteiger partial charge >= 0.3 is 0 Å². The molecule has 0 atom stereocenters. The molecule has 0 aliphatic heterocycles. The van der Waals surface area contributed by atoms with E-state index in [9.17, 15) is 0 Å². The number of hydrogen-bond donors (Lipinski definition) is 0. The van der Waals surface area contributed by atoms with Crippen LogP contribution < -0.4 is 4.74 Å². The average Bonchev–Trinajstić information content (AvgIpc) is 2.97. The topological polar surface area (TPSA) is 22.1 Å². The zero-order valence-electron chi connectivity index (χ0n) is 10.5. The Bertz CT molecular complexity index is 717. The van der Waals surface area contributed by atoms with Crippen molar-refractivity contribution in [1.29, 1.82) is 0 Å². The molecule has 0 aliphatic rings. The molecule has 1 aromatic heterocycles. The molecule has 0 unspecified atom stereocenters. The fourth-order valence-electron chi connectivity index (χ4n) is 2.10. The van der Waals surface area contributed by atoms with Crippen LogP contribution in [0, 0.1) is 0 Å². The lowest BCUT2D eigenvalue weighted by Crippen LogP contribution is -1.88. The van der Waals surface area contributed by atoms with Crippen molar-refractivity contribution < 1.29 is 4.74 Å². The van der Waals surface area contributed by atoms with Crippen LogP contribution in [0.4, 0.5) is 0 Å². The number of hydrogen-bond acceptors (Lipinski definition) is 3. The molecule has 3 heteroatoms. The molecule has 3 aromatic rings. The lowest BCUT2D eigenvalue weighted by atomic mass is 10.0. The largest absolute Gasteiger partial charge is 0.495 e. The van der Waals surface area contributed by atoms with Crippen LogP contribution in [0.15, 0.2) is 48.0 Å². The quantitative estimate of drug-likeness (QED) is 0.698. The number of fused-ring (bicyclic) bond motifs is 1. The van der Waals surface area contributed by atoms with Crippen molar-refractivity contribution in [2.75, 3.05) is 7.11 Å². The molecular weight excluding hydrogens is 254 g/mol. The van der Waals surface area contributed by atoms with Crippen molar-refractivity contribution in [2.45, 2.75) is 0 Å². The summed E-state index contributed by atoms with van der Waals surface area (Å²) in [7, 11) is 1.71. The molecule has 0 N–H and O–H groups in total. The molecule has 0 saturated heterocycles. The third-order valence-corrected chi connectivity index (χ3v) is 3.71. The van der Waals surface area contributed by atoms with E-state index in [1.54, 1.807) is 18.4 Å². The number of methoxy groups -OCH3 is 1. The smallest absolute Gasteiger partial charge is 0.133 e. The molecule has 0 saturated carbocycles. The minimum Gasteiger partial charge on any atom is -0.495 e. The Balaban J connectivity index is 2.08. The van der Waals surface area contributed by atoms with E-state index in [4.69, 9.17) is 4.74 Å². The van der Waals surface area contributed by atoms with Crippen molar-refractivity contribution in [3.8, 4) is 5.75 Å². The lowest BCUT2D eigenvalue weighted by Gasteiger charge is -2.08. The van der Waals surface area contributed by atoms with Gasteiger partial charge in [-0.05, 0) is 17.5 Å². The number of thiazole rings is 1. The van der Waals surface area contributed by atoms with Crippen LogP contribution in [0.25, 0.3) is 22.9 Å². The first-order valence-electron chi connectivity index (χ1n) is 6.02. The molecule has 0 aliphatic carbocycles. The summed E-state index contributed by atoms with van der Waals surface area (Å²) in [6.45, 7) is 0. The SMILES string of the molecule is COc1c(/C=C/c2nccs2)ccc2ccccc12. The summed E-state index contributed by atoms with van der Waals surface area (Å²) >= 11 is 1.62. The summed E-state index contributed by atoms with van der Waals surface area (Å²) in [6.07, 6.45) is 5.86. The Kier molecular flexibility index (Phi) is 3.29. The lowest BCUT2D eigenvalue weighted by molar-refractivity contribution is 0.419. The fourth-order valence-corrected chi connectivity index (χ4v) is 2.63. The molecule has 0 amide bonds. The summed E-state index contributed by atoms with van der Waals surface area (Å²) in [5, 5.41) is 5.28. The van der Waals surface area contributed by atoms with Crippen molar-refractivity contribution >= 4 is 34.3 Å². The van der Waals surface area contributed by atoms with Crippen LogP contribution in [0.1, 0.15) is 10.6 Å². The normalized spacial score (nSPS) is 11.2. The zero-order chi connectivity index (χ0) is 13.1. The maximum atomic E-state index is 5.56. The molecule has 0 fully saturated rings. The summed E-state index contributed by atoms with van der Waals surface area (Å²) < 4.78 is 5.56. The van der Waals surface area contributed by atoms with E-state index in [0.717, 1.165) is 21.7 Å². The van der Waals surface area contributed by atoms with Gasteiger partial charge in [-0.15, -0.1) is 11.3 Å². The standard InChI is InChI=1S/C16H13NOS/c1-18-16-13(8-9-15-17-10-11-19-15)7-6-12-4-2-3-5-14(12)16/h2-11H,1H3/b9-8+. The summed E-state index contributed by atoms with van der Waals surface area (Å²) in [4.78, 5) is 4.24. The number of rotatable bonds is 3. The van der Waals surface area contributed by atoms with Gasteiger partial charge in [0.1, 0.15) is 10.8 Å². The van der Waals surface area contributed by atoms with E-state index in [-0.39, 0.29) is 0 Å². The third kappa shape index (κ3) is 2.37. The first-order valence-corrected chi connectivity index (χ1v) is 6.90. The highest BCUT2D eigenvalue weighted by Gasteiger charge is 2.05. The van der Waals surface area contributed by atoms with E-state index >= 15 is 0 Å². The van der Waals surface area contributed by atoms with Crippen LogP contribution in [0.2, 0.25) is 0 Å². The van der Waals surface area contributed by atoms with E-state index in [0.29, 0.717) is 0 Å². The maximum absolute atomic E-state index is 5.56. The van der Waals surface area contributed by atoms with Crippen molar-refractivity contribution in [2.24, 2.45) is 0 Å². The Labute approximate surface area is 116 Å². The molecule has 3 rings (SSSR count). The molecule has 2 aromatic carbocycles. The Morgan fingerprint density at radius 2 is 2.00 bits per heavy atom. The van der Waals surface area contributed by atoms with Gasteiger partial charge in [0.25, 0.3) is 0 Å². The highest BCUT2D eigenvalue weighted by atomic mass is 32.1. The predicted molar refractivity (Wildman–Crippen MR) is 81.5 cm³/mol. The molecule has 0 spiro atoms. The van der Waals surface area contributed by atoms with Gasteiger partial charge in [-0.2, -0.15) is 0 Å². The third-order valence-electron chi connectivity index (χ3n) is 2.97. The summed E-state index contributed by atoms with van der Waals surface area (Å²) in [5.41, 5.74) is 1.07. The minimum absolute atomic E-state index is 0.908. The maximum Gasteiger partial charge on any atom is 0.133 e. The minimum atomic E-state index is 0.908. The van der Waals surface area contributed by atoms with E-state index < -0.39 is 0 Å². The molecule has 19 heavy (non-hydrogen) atoms. The van der Waals surface area contributed by atoms with Gasteiger partial charge < -0.3 is 4.74 Å². The van der Waals surface area contributed by atoms with Gasteiger partial charge in [0.05, 0.1) is 7.11 Å². The second-order valence-corrected chi connectivity index (χ2v) is 5.04. The summed E-state index contributed by atoms with van der Waals surface area (Å²) in [6, 6.07) is 12.4. The molecule has 0 bridgehead atoms. The van der Waals surface area contributed by atoms with Crippen molar-refractivity contribution in [1.82, 2.24) is 4.98 Å². The monoisotopic (exact) mass is 267 g/mol. The highest BCUT2D eigenvalue weighted by Crippen LogP contribution is 2.30. The van der Waals surface area contributed by atoms with Crippen LogP contribution in [0.3, 0.4) is 0 Å². The van der Waals surface area contributed by atoms with Gasteiger partial charge in [0, 0.05) is 22.5 Å². The zero-order valence-corrected chi connectivity index (χ0v) is 11.4. The summed E-state index contributed by atoms with van der Waals surface area (Å²) in [5.74, 6) is 0.908. The van der Waals surface area contributed by atoms with Crippen LogP contribution >= 0.6 is 11.3 Å². The van der Waals surface area contributed by atoms with Gasteiger partial charge in [-0.3, -0.25) is 0 Å². The Morgan fingerprint density at radius 3 is 2.79 bits per heavy atom. The number of aromatic nitrogens is 1. The Hall–Kier alpha value is -2.13. The average molecular weight is 267 g/mol. The van der Waals surface area contributed by atoms with Gasteiger partial charge in [0.15, 0.2) is 0 Å². The van der Waals surface area contributed by atoms with Crippen molar-refractivity contribution in [3.05, 3.63) is 58.5 Å². The molecule has 94 valence electrons. The first-order chi connectivity index (χ1) is 9.38. The molecular formula is C16H13NOS. The number of nitrogens with zero attached hydrogens (tertiary/aromatic N) is 1. The second kappa shape index (κ2) is 5.24. The molecule has 1 heterocycles. The van der Waals surface area contributed by atoms with E-state index in [1.165, 1.54) is 5.39 Å². The van der Waals surface area contributed by atoms with Crippen LogP contribution in [-0.4, -0.2) is 12.1 Å². The molecule has 0 radical (unpaired) electrons. The van der Waals surface area contributed by atoms with Crippen LogP contribution in [-0.2, 0) is 0 Å². The van der Waals surface area contributed by atoms with Gasteiger partial charge in [-0.1, -0.05) is 36.4 Å². The Morgan fingerprint density at radius 1 is 1.11 bits per heavy atom. The van der Waals surface area contributed by atoms with E-state index in [2.05, 4.69) is 29.2 Å². The van der Waals surface area contributed by atoms with Crippen molar-refractivity contribution in [3.63, 3.8) is 0 Å². The second-order valence-electron chi connectivity index (χ2n) is 4.11. The first kappa shape index (κ1) is 11.9. The van der Waals surface area contributed by atoms with Gasteiger partial charge in [0.2, 0.25) is 0 Å². The van der Waals surface area contributed by atoms with Crippen LogP contribution in [0.5, 0.6) is 5.75 Å². The fraction of sp³-hybridized carbons (Fsp3) is 0.0625.